The van der Waals surface area contributed by atoms with Gasteiger partial charge in [-0.25, -0.2) is 0 Å². The fraction of sp³-hybridized carbons (Fsp3) is 0.500. The fourth-order valence-corrected chi connectivity index (χ4v) is 1.75. The maximum absolute atomic E-state index is 10.2. The first-order valence-corrected chi connectivity index (χ1v) is 5.68. The molecule has 0 aliphatic carbocycles. The van der Waals surface area contributed by atoms with Gasteiger partial charge >= 0.3 is 0 Å². The molecule has 2 N–H and O–H groups in total. The second-order valence-electron chi connectivity index (χ2n) is 3.76. The van der Waals surface area contributed by atoms with E-state index in [0.29, 0.717) is 0 Å². The fourth-order valence-electron chi connectivity index (χ4n) is 1.52. The molecule has 1 aromatic carbocycles. The molecule has 0 fully saturated rings. The molecule has 96 valence electrons. The minimum absolute atomic E-state index is 0.448. The highest BCUT2D eigenvalue weighted by Gasteiger charge is 2.41. The molecule has 2 unspecified atom stereocenters. The van der Waals surface area contributed by atoms with Crippen LogP contribution in [0.5, 0.6) is 0 Å². The third-order valence-corrected chi connectivity index (χ3v) is 3.03. The van der Waals surface area contributed by atoms with Crippen LogP contribution in [0.25, 0.3) is 0 Å². The Kier molecular flexibility index (Phi) is 5.21. The Hall–Kier alpha value is -0.810. The van der Waals surface area contributed by atoms with Gasteiger partial charge in [-0.2, -0.15) is 0 Å². The van der Waals surface area contributed by atoms with Gasteiger partial charge in [0.15, 0.2) is 0 Å². The summed E-state index contributed by atoms with van der Waals surface area (Å²) in [6.45, 7) is 1.76. The molecular weight excluding hydrogens is 242 g/mol. The number of methoxy groups -OCH3 is 2. The Balaban J connectivity index is 2.71. The van der Waals surface area contributed by atoms with Gasteiger partial charge in [-0.15, -0.1) is 0 Å². The first-order valence-electron chi connectivity index (χ1n) is 5.30. The summed E-state index contributed by atoms with van der Waals surface area (Å²) >= 11 is 6.05. The van der Waals surface area contributed by atoms with Gasteiger partial charge in [0.2, 0.25) is 11.4 Å². The van der Waals surface area contributed by atoms with E-state index in [-0.39, 0.29) is 0 Å². The van der Waals surface area contributed by atoms with Crippen molar-refractivity contribution >= 4 is 17.3 Å². The van der Waals surface area contributed by atoms with Crippen LogP contribution in [-0.2, 0) is 9.47 Å². The molecule has 0 saturated carbocycles. The minimum atomic E-state index is -1.65. The van der Waals surface area contributed by atoms with E-state index in [9.17, 15) is 5.11 Å². The Morgan fingerprint density at radius 2 is 1.76 bits per heavy atom. The van der Waals surface area contributed by atoms with Gasteiger partial charge in [0.05, 0.1) is 6.04 Å². The summed E-state index contributed by atoms with van der Waals surface area (Å²) in [7, 11) is 2.85. The van der Waals surface area contributed by atoms with Crippen LogP contribution in [0.15, 0.2) is 30.3 Å². The number of halogens is 1. The summed E-state index contributed by atoms with van der Waals surface area (Å²) in [5.41, 5.74) is 0.866. The molecule has 0 radical (unpaired) electrons. The quantitative estimate of drug-likeness (QED) is 0.606. The maximum Gasteiger partial charge on any atom is 0.209 e. The van der Waals surface area contributed by atoms with E-state index in [1.54, 1.807) is 6.92 Å². The van der Waals surface area contributed by atoms with E-state index in [0.717, 1.165) is 5.69 Å². The van der Waals surface area contributed by atoms with Crippen molar-refractivity contribution in [2.24, 2.45) is 0 Å². The van der Waals surface area contributed by atoms with Crippen molar-refractivity contribution in [3.05, 3.63) is 30.3 Å². The number of anilines is 1. The number of para-hydroxylation sites is 1. The SMILES string of the molecule is COC(OC)C(O)(Cl)C(C)Nc1ccccc1. The minimum Gasteiger partial charge on any atom is -0.378 e. The number of hydrogen-bond acceptors (Lipinski definition) is 4. The van der Waals surface area contributed by atoms with E-state index in [2.05, 4.69) is 5.32 Å². The van der Waals surface area contributed by atoms with E-state index in [4.69, 9.17) is 21.1 Å². The zero-order valence-corrected chi connectivity index (χ0v) is 10.9. The highest BCUT2D eigenvalue weighted by molar-refractivity contribution is 6.23. The summed E-state index contributed by atoms with van der Waals surface area (Å²) in [5, 5.41) is 11.6. The lowest BCUT2D eigenvalue weighted by Gasteiger charge is -2.34. The summed E-state index contributed by atoms with van der Waals surface area (Å²) < 4.78 is 9.96. The molecule has 17 heavy (non-hydrogen) atoms. The van der Waals surface area contributed by atoms with Crippen LogP contribution < -0.4 is 5.32 Å². The summed E-state index contributed by atoms with van der Waals surface area (Å²) in [6.07, 6.45) is -0.907. The summed E-state index contributed by atoms with van der Waals surface area (Å²) in [6, 6.07) is 9.03. The Bertz CT molecular complexity index is 328. The molecule has 0 aromatic heterocycles. The summed E-state index contributed by atoms with van der Waals surface area (Å²) in [5.74, 6) is 0. The second kappa shape index (κ2) is 6.21. The lowest BCUT2D eigenvalue weighted by Crippen LogP contribution is -2.51. The third kappa shape index (κ3) is 3.57. The average Bonchev–Trinajstić information content (AvgIpc) is 2.31. The molecule has 0 aliphatic heterocycles. The smallest absolute Gasteiger partial charge is 0.209 e. The number of alkyl halides is 1. The van der Waals surface area contributed by atoms with Crippen LogP contribution in [0.2, 0.25) is 0 Å². The summed E-state index contributed by atoms with van der Waals surface area (Å²) in [4.78, 5) is 0. The molecule has 0 spiro atoms. The van der Waals surface area contributed by atoms with E-state index in [1.165, 1.54) is 14.2 Å². The second-order valence-corrected chi connectivity index (χ2v) is 4.37. The van der Waals surface area contributed by atoms with Crippen molar-refractivity contribution in [1.82, 2.24) is 0 Å². The molecule has 0 saturated heterocycles. The molecular formula is C12H18ClNO3. The van der Waals surface area contributed by atoms with Crippen molar-refractivity contribution in [2.45, 2.75) is 24.3 Å². The van der Waals surface area contributed by atoms with Crippen LogP contribution in [0.4, 0.5) is 5.69 Å². The van der Waals surface area contributed by atoms with Crippen LogP contribution in [0.3, 0.4) is 0 Å². The predicted molar refractivity (Wildman–Crippen MR) is 68.1 cm³/mol. The van der Waals surface area contributed by atoms with Gasteiger partial charge in [-0.3, -0.25) is 0 Å². The van der Waals surface area contributed by atoms with Gasteiger partial charge in [-0.05, 0) is 19.1 Å². The number of rotatable bonds is 6. The zero-order valence-electron chi connectivity index (χ0n) is 10.2. The number of hydrogen-bond donors (Lipinski definition) is 2. The number of benzene rings is 1. The molecule has 1 rings (SSSR count). The van der Waals surface area contributed by atoms with Gasteiger partial charge in [-0.1, -0.05) is 29.8 Å². The van der Waals surface area contributed by atoms with E-state index >= 15 is 0 Å². The van der Waals surface area contributed by atoms with Crippen LogP contribution in [0, 0.1) is 0 Å². The molecule has 2 atom stereocenters. The number of aliphatic hydroxyl groups is 1. The molecule has 0 heterocycles. The molecule has 0 bridgehead atoms. The van der Waals surface area contributed by atoms with Gasteiger partial charge in [0.25, 0.3) is 0 Å². The predicted octanol–water partition coefficient (Wildman–Crippen LogP) is 2.03. The number of nitrogens with one attached hydrogen (secondary N) is 1. The molecule has 1 aromatic rings. The largest absolute Gasteiger partial charge is 0.378 e. The molecule has 5 heteroatoms. The van der Waals surface area contributed by atoms with Crippen LogP contribution >= 0.6 is 11.6 Å². The van der Waals surface area contributed by atoms with Gasteiger partial charge in [0, 0.05) is 19.9 Å². The van der Waals surface area contributed by atoms with Crippen molar-refractivity contribution in [2.75, 3.05) is 19.5 Å². The highest BCUT2D eigenvalue weighted by Crippen LogP contribution is 2.26. The first kappa shape index (κ1) is 14.3. The lowest BCUT2D eigenvalue weighted by molar-refractivity contribution is -0.184. The Labute approximate surface area is 106 Å². The third-order valence-electron chi connectivity index (χ3n) is 2.52. The Morgan fingerprint density at radius 3 is 2.24 bits per heavy atom. The molecule has 4 nitrogen and oxygen atoms in total. The zero-order chi connectivity index (χ0) is 12.9. The number of ether oxygens (including phenoxy) is 2. The Morgan fingerprint density at radius 1 is 1.24 bits per heavy atom. The monoisotopic (exact) mass is 259 g/mol. The van der Waals surface area contributed by atoms with Crippen molar-refractivity contribution in [3.63, 3.8) is 0 Å². The maximum atomic E-state index is 10.2. The molecule has 0 aliphatic rings. The van der Waals surface area contributed by atoms with Crippen molar-refractivity contribution in [3.8, 4) is 0 Å². The van der Waals surface area contributed by atoms with E-state index in [1.807, 2.05) is 30.3 Å². The van der Waals surface area contributed by atoms with Gasteiger partial charge in [0.1, 0.15) is 0 Å². The van der Waals surface area contributed by atoms with Crippen molar-refractivity contribution in [1.29, 1.82) is 0 Å². The standard InChI is InChI=1S/C12H18ClNO3/c1-9(12(13,15)11(16-2)17-3)14-10-7-5-4-6-8-10/h4-9,11,14-15H,1-3H3. The van der Waals surface area contributed by atoms with Crippen molar-refractivity contribution < 1.29 is 14.6 Å². The lowest BCUT2D eigenvalue weighted by atomic mass is 10.1. The first-order chi connectivity index (χ1) is 8.02. The van der Waals surface area contributed by atoms with Crippen LogP contribution in [0.1, 0.15) is 6.92 Å². The van der Waals surface area contributed by atoms with Gasteiger partial charge < -0.3 is 19.9 Å². The normalized spacial score (nSPS) is 16.6. The van der Waals surface area contributed by atoms with Crippen LogP contribution in [-0.4, -0.2) is 36.7 Å². The average molecular weight is 260 g/mol. The highest BCUT2D eigenvalue weighted by atomic mass is 35.5. The molecule has 0 amide bonds. The van der Waals surface area contributed by atoms with E-state index < -0.39 is 17.4 Å². The topological polar surface area (TPSA) is 50.7 Å².